The van der Waals surface area contributed by atoms with Crippen molar-refractivity contribution in [1.82, 2.24) is 0 Å². The normalized spacial score (nSPS) is 46.6. The van der Waals surface area contributed by atoms with E-state index >= 15 is 0 Å². The van der Waals surface area contributed by atoms with Crippen molar-refractivity contribution in [3.63, 3.8) is 0 Å². The van der Waals surface area contributed by atoms with Gasteiger partial charge in [0.25, 0.3) is 0 Å². The average Bonchev–Trinajstić information content (AvgIpc) is 2.92. The van der Waals surface area contributed by atoms with Crippen LogP contribution >= 0.6 is 0 Å². The van der Waals surface area contributed by atoms with E-state index < -0.39 is 6.10 Å². The van der Waals surface area contributed by atoms with E-state index in [4.69, 9.17) is 4.74 Å². The Bertz CT molecular complexity index is 694. The van der Waals surface area contributed by atoms with Gasteiger partial charge in [-0.2, -0.15) is 0 Å². The monoisotopic (exact) mass is 374 g/mol. The van der Waals surface area contributed by atoms with Crippen LogP contribution in [0, 0.1) is 28.6 Å². The minimum Gasteiger partial charge on any atom is -0.462 e. The molecule has 0 aromatic rings. The Balaban J connectivity index is 1.70. The Hall–Kier alpha value is -1.16. The van der Waals surface area contributed by atoms with Crippen LogP contribution in [-0.2, 0) is 14.3 Å². The van der Waals surface area contributed by atoms with E-state index in [2.05, 4.69) is 13.8 Å². The lowest BCUT2D eigenvalue weighted by Crippen LogP contribution is -2.55. The Kier molecular flexibility index (Phi) is 4.57. The Labute approximate surface area is 162 Å². The van der Waals surface area contributed by atoms with Crippen molar-refractivity contribution in [2.24, 2.45) is 28.6 Å². The summed E-state index contributed by atoms with van der Waals surface area (Å²) >= 11 is 0. The van der Waals surface area contributed by atoms with Gasteiger partial charge in [0.2, 0.25) is 0 Å². The largest absolute Gasteiger partial charge is 0.462 e. The topological polar surface area (TPSA) is 63.6 Å². The lowest BCUT2D eigenvalue weighted by Gasteiger charge is -2.59. The van der Waals surface area contributed by atoms with Gasteiger partial charge in [0.15, 0.2) is 5.78 Å². The fraction of sp³-hybridized carbons (Fsp3) is 0.826. The summed E-state index contributed by atoms with van der Waals surface area (Å²) in [5.74, 6) is 1.55. The van der Waals surface area contributed by atoms with Gasteiger partial charge in [-0.15, -0.1) is 0 Å². The van der Waals surface area contributed by atoms with E-state index in [9.17, 15) is 14.7 Å². The van der Waals surface area contributed by atoms with Crippen molar-refractivity contribution in [3.05, 3.63) is 11.1 Å². The van der Waals surface area contributed by atoms with E-state index in [-0.39, 0.29) is 28.7 Å². The van der Waals surface area contributed by atoms with Gasteiger partial charge in [-0.05, 0) is 79.3 Å². The van der Waals surface area contributed by atoms with Crippen molar-refractivity contribution in [2.45, 2.75) is 91.3 Å². The Morgan fingerprint density at radius 1 is 1.19 bits per heavy atom. The maximum Gasteiger partial charge on any atom is 0.302 e. The SMILES string of the molecule is CCC1=C2C(O)C[C@@H]3[C@@H](CC[C@]4(C)C(OC(C)=O)CC[C@@H]34)[C@@]2(C)CCC1=O. The summed E-state index contributed by atoms with van der Waals surface area (Å²) in [4.78, 5) is 24.1. The Morgan fingerprint density at radius 3 is 2.59 bits per heavy atom. The molecule has 4 aliphatic carbocycles. The second kappa shape index (κ2) is 6.43. The van der Waals surface area contributed by atoms with Crippen LogP contribution in [0.2, 0.25) is 0 Å². The molecule has 3 fully saturated rings. The molecule has 4 rings (SSSR count). The summed E-state index contributed by atoms with van der Waals surface area (Å²) in [6.45, 7) is 8.17. The van der Waals surface area contributed by atoms with Gasteiger partial charge in [0.1, 0.15) is 6.10 Å². The van der Waals surface area contributed by atoms with Crippen LogP contribution < -0.4 is 0 Å². The number of carbonyl (C=O) groups is 2. The molecule has 1 N–H and O–H groups in total. The molecule has 0 aliphatic heterocycles. The summed E-state index contributed by atoms with van der Waals surface area (Å²) in [6, 6.07) is 0. The Morgan fingerprint density at radius 2 is 1.93 bits per heavy atom. The lowest BCUT2D eigenvalue weighted by atomic mass is 9.46. The van der Waals surface area contributed by atoms with E-state index in [1.807, 2.05) is 6.92 Å². The lowest BCUT2D eigenvalue weighted by molar-refractivity contribution is -0.158. The maximum atomic E-state index is 12.5. The minimum atomic E-state index is -0.495. The van der Waals surface area contributed by atoms with Crippen LogP contribution in [-0.4, -0.2) is 29.1 Å². The minimum absolute atomic E-state index is 0.0157. The molecule has 3 saturated carbocycles. The number of esters is 1. The second-order valence-corrected chi connectivity index (χ2v) is 9.93. The number of carbonyl (C=O) groups excluding carboxylic acids is 2. The van der Waals surface area contributed by atoms with Crippen molar-refractivity contribution in [2.75, 3.05) is 0 Å². The molecule has 0 aromatic carbocycles. The first-order valence-electron chi connectivity index (χ1n) is 10.8. The van der Waals surface area contributed by atoms with Crippen molar-refractivity contribution in [3.8, 4) is 0 Å². The highest BCUT2D eigenvalue weighted by atomic mass is 16.5. The highest BCUT2D eigenvalue weighted by Gasteiger charge is 2.61. The molecule has 7 atom stereocenters. The van der Waals surface area contributed by atoms with Gasteiger partial charge in [0.05, 0.1) is 6.10 Å². The summed E-state index contributed by atoms with van der Waals surface area (Å²) in [6.07, 6.45) is 6.71. The highest BCUT2D eigenvalue weighted by molar-refractivity contribution is 5.97. The molecule has 4 aliphatic rings. The molecule has 0 amide bonds. The van der Waals surface area contributed by atoms with Crippen LogP contribution in [0.15, 0.2) is 11.1 Å². The molecule has 4 heteroatoms. The van der Waals surface area contributed by atoms with Crippen LogP contribution in [0.4, 0.5) is 0 Å². The number of rotatable bonds is 2. The number of hydrogen-bond donors (Lipinski definition) is 1. The molecular weight excluding hydrogens is 340 g/mol. The first kappa shape index (κ1) is 19.2. The third-order valence-corrected chi connectivity index (χ3v) is 8.81. The third kappa shape index (κ3) is 2.66. The molecular formula is C23H34O4. The van der Waals surface area contributed by atoms with Crippen LogP contribution in [0.3, 0.4) is 0 Å². The number of ketones is 1. The number of Topliss-reactive ketones (excluding diaryl/α,β-unsaturated/α-hetero) is 1. The number of fused-ring (bicyclic) bond motifs is 5. The number of aliphatic hydroxyl groups excluding tert-OH is 1. The van der Waals surface area contributed by atoms with Crippen molar-refractivity contribution >= 4 is 11.8 Å². The molecule has 0 heterocycles. The molecule has 150 valence electrons. The molecule has 0 aromatic heterocycles. The number of hydrogen-bond acceptors (Lipinski definition) is 4. The zero-order valence-electron chi connectivity index (χ0n) is 17.2. The highest BCUT2D eigenvalue weighted by Crippen LogP contribution is 2.66. The fourth-order valence-electron chi connectivity index (χ4n) is 7.64. The van der Waals surface area contributed by atoms with Crippen LogP contribution in [0.5, 0.6) is 0 Å². The van der Waals surface area contributed by atoms with Gasteiger partial charge in [-0.1, -0.05) is 20.8 Å². The molecule has 0 bridgehead atoms. The van der Waals surface area contributed by atoms with E-state index in [1.165, 1.54) is 6.92 Å². The van der Waals surface area contributed by atoms with Crippen LogP contribution in [0.1, 0.15) is 79.1 Å². The van der Waals surface area contributed by atoms with Crippen molar-refractivity contribution < 1.29 is 19.4 Å². The predicted molar refractivity (Wildman–Crippen MR) is 103 cm³/mol. The van der Waals surface area contributed by atoms with Gasteiger partial charge in [-0.25, -0.2) is 0 Å². The van der Waals surface area contributed by atoms with Gasteiger partial charge in [-0.3, -0.25) is 9.59 Å². The number of aliphatic hydroxyl groups is 1. The fourth-order valence-corrected chi connectivity index (χ4v) is 7.64. The number of ether oxygens (including phenoxy) is 1. The maximum absolute atomic E-state index is 12.5. The second-order valence-electron chi connectivity index (χ2n) is 9.93. The summed E-state index contributed by atoms with van der Waals surface area (Å²) in [5, 5.41) is 11.1. The van der Waals surface area contributed by atoms with E-state index in [0.717, 1.165) is 56.1 Å². The van der Waals surface area contributed by atoms with E-state index in [1.54, 1.807) is 0 Å². The van der Waals surface area contributed by atoms with E-state index in [0.29, 0.717) is 24.2 Å². The molecule has 0 radical (unpaired) electrons. The molecule has 27 heavy (non-hydrogen) atoms. The summed E-state index contributed by atoms with van der Waals surface area (Å²) < 4.78 is 5.72. The zero-order chi connectivity index (χ0) is 19.6. The first-order valence-corrected chi connectivity index (χ1v) is 10.8. The smallest absolute Gasteiger partial charge is 0.302 e. The average molecular weight is 375 g/mol. The van der Waals surface area contributed by atoms with Gasteiger partial charge in [0, 0.05) is 18.8 Å². The molecule has 0 saturated heterocycles. The first-order chi connectivity index (χ1) is 12.7. The molecule has 0 spiro atoms. The standard InChI is InChI=1S/C23H34O4/c1-5-14-18(25)9-11-23(4)17-8-10-22(3)16(6-7-20(22)27-13(2)24)15(17)12-19(26)21(14)23/h15-17,19-20,26H,5-12H2,1-4H3/t15-,16-,17+,19?,20?,22-,23+/m0/s1. The predicted octanol–water partition coefficient (Wildman–Crippen LogP) is 4.20. The summed E-state index contributed by atoms with van der Waals surface area (Å²) in [5.41, 5.74) is 1.96. The third-order valence-electron chi connectivity index (χ3n) is 8.81. The summed E-state index contributed by atoms with van der Waals surface area (Å²) in [7, 11) is 0. The molecule has 2 unspecified atom stereocenters. The van der Waals surface area contributed by atoms with Gasteiger partial charge < -0.3 is 9.84 Å². The van der Waals surface area contributed by atoms with Crippen LogP contribution in [0.25, 0.3) is 0 Å². The molecule has 4 nitrogen and oxygen atoms in total. The van der Waals surface area contributed by atoms with Gasteiger partial charge >= 0.3 is 5.97 Å². The zero-order valence-corrected chi connectivity index (χ0v) is 17.2. The quantitative estimate of drug-likeness (QED) is 0.736. The van der Waals surface area contributed by atoms with Crippen molar-refractivity contribution in [1.29, 1.82) is 0 Å².